The molecule has 0 unspecified atom stereocenters. The molecule has 1 rings (SSSR count). The summed E-state index contributed by atoms with van der Waals surface area (Å²) in [6, 6.07) is 5.55. The Labute approximate surface area is 89.9 Å². The van der Waals surface area contributed by atoms with Crippen LogP contribution in [0.2, 0.25) is 5.02 Å². The van der Waals surface area contributed by atoms with E-state index in [1.165, 1.54) is 0 Å². The lowest BCUT2D eigenvalue weighted by Gasteiger charge is -1.99. The van der Waals surface area contributed by atoms with Crippen LogP contribution in [0.1, 0.15) is 5.56 Å². The van der Waals surface area contributed by atoms with E-state index in [1.54, 1.807) is 6.07 Å². The van der Waals surface area contributed by atoms with E-state index in [4.69, 9.17) is 23.1 Å². The average molecular weight is 263 g/mol. The zero-order valence-electron chi connectivity index (χ0n) is 6.80. The zero-order chi connectivity index (χ0) is 9.84. The molecule has 0 atom stereocenters. The highest BCUT2D eigenvalue weighted by molar-refractivity contribution is 9.10. The van der Waals surface area contributed by atoms with E-state index < -0.39 is 0 Å². The van der Waals surface area contributed by atoms with Crippen molar-refractivity contribution in [2.24, 2.45) is 16.5 Å². The Bertz CT molecular complexity index is 334. The van der Waals surface area contributed by atoms with Gasteiger partial charge in [-0.15, -0.1) is 0 Å². The molecule has 0 radical (unpaired) electrons. The lowest BCUT2D eigenvalue weighted by Crippen LogP contribution is -2.22. The number of nitrogens with zero attached hydrogens (tertiary/aromatic N) is 1. The van der Waals surface area contributed by atoms with Gasteiger partial charge in [0.2, 0.25) is 0 Å². The molecule has 4 N–H and O–H groups in total. The highest BCUT2D eigenvalue weighted by atomic mass is 79.9. The number of benzene rings is 1. The molecule has 0 aliphatic heterocycles. The molecule has 0 aromatic heterocycles. The van der Waals surface area contributed by atoms with Crippen LogP contribution >= 0.6 is 27.5 Å². The van der Waals surface area contributed by atoms with Gasteiger partial charge in [0.15, 0.2) is 5.96 Å². The predicted octanol–water partition coefficient (Wildman–Crippen LogP) is 1.88. The van der Waals surface area contributed by atoms with Crippen molar-refractivity contribution in [2.75, 3.05) is 0 Å². The van der Waals surface area contributed by atoms with Crippen molar-refractivity contribution in [3.05, 3.63) is 33.3 Å². The first-order valence-electron chi connectivity index (χ1n) is 3.59. The third-order valence-electron chi connectivity index (χ3n) is 1.43. The largest absolute Gasteiger partial charge is 0.370 e. The molecule has 1 aromatic rings. The van der Waals surface area contributed by atoms with Crippen LogP contribution in [0.15, 0.2) is 27.7 Å². The summed E-state index contributed by atoms with van der Waals surface area (Å²) in [6.45, 7) is 0.470. The molecule has 0 fully saturated rings. The smallest absolute Gasteiger partial charge is 0.186 e. The quantitative estimate of drug-likeness (QED) is 0.631. The number of nitrogens with two attached hydrogens (primary N) is 2. The van der Waals surface area contributed by atoms with Crippen LogP contribution in [0, 0.1) is 0 Å². The standard InChI is InChI=1S/C8H9BrClN3/c9-6-3-5(1-2-7(6)10)4-13-8(11)12/h1-3H,4H2,(H4,11,12,13). The van der Waals surface area contributed by atoms with Crippen LogP contribution in [-0.2, 0) is 6.54 Å². The van der Waals surface area contributed by atoms with E-state index >= 15 is 0 Å². The van der Waals surface area contributed by atoms with Crippen molar-refractivity contribution >= 4 is 33.5 Å². The number of rotatable bonds is 2. The molecule has 3 nitrogen and oxygen atoms in total. The van der Waals surface area contributed by atoms with Crippen molar-refractivity contribution in [1.82, 2.24) is 0 Å². The van der Waals surface area contributed by atoms with Gasteiger partial charge in [-0.2, -0.15) is 0 Å². The number of hydrogen-bond donors (Lipinski definition) is 2. The van der Waals surface area contributed by atoms with Gasteiger partial charge in [0.25, 0.3) is 0 Å². The van der Waals surface area contributed by atoms with E-state index in [1.807, 2.05) is 12.1 Å². The summed E-state index contributed by atoms with van der Waals surface area (Å²) >= 11 is 9.12. The summed E-state index contributed by atoms with van der Waals surface area (Å²) in [5.41, 5.74) is 11.4. The molecular formula is C8H9BrClN3. The number of guanidine groups is 1. The third-order valence-corrected chi connectivity index (χ3v) is 2.64. The van der Waals surface area contributed by atoms with Gasteiger partial charge < -0.3 is 11.5 Å². The maximum Gasteiger partial charge on any atom is 0.186 e. The molecule has 13 heavy (non-hydrogen) atoms. The molecule has 0 bridgehead atoms. The van der Waals surface area contributed by atoms with Crippen LogP contribution in [0.5, 0.6) is 0 Å². The van der Waals surface area contributed by atoms with Crippen LogP contribution in [0.25, 0.3) is 0 Å². The van der Waals surface area contributed by atoms with Crippen LogP contribution in [-0.4, -0.2) is 5.96 Å². The van der Waals surface area contributed by atoms with Crippen molar-refractivity contribution in [2.45, 2.75) is 6.54 Å². The Morgan fingerprint density at radius 3 is 2.69 bits per heavy atom. The average Bonchev–Trinajstić information content (AvgIpc) is 2.07. The minimum atomic E-state index is 0.0890. The molecule has 0 aliphatic carbocycles. The zero-order valence-corrected chi connectivity index (χ0v) is 9.14. The van der Waals surface area contributed by atoms with Gasteiger partial charge in [-0.3, -0.25) is 0 Å². The van der Waals surface area contributed by atoms with Crippen molar-refractivity contribution in [1.29, 1.82) is 0 Å². The van der Waals surface area contributed by atoms with Gasteiger partial charge in [0, 0.05) is 4.47 Å². The SMILES string of the molecule is NC(N)=NCc1ccc(Cl)c(Br)c1. The molecule has 0 saturated heterocycles. The molecule has 70 valence electrons. The first-order chi connectivity index (χ1) is 6.09. The Morgan fingerprint density at radius 1 is 1.46 bits per heavy atom. The Hall–Kier alpha value is -0.740. The fraction of sp³-hybridized carbons (Fsp3) is 0.125. The van der Waals surface area contributed by atoms with Gasteiger partial charge in [-0.25, -0.2) is 4.99 Å². The molecule has 0 heterocycles. The van der Waals surface area contributed by atoms with Crippen LogP contribution in [0.4, 0.5) is 0 Å². The molecule has 1 aromatic carbocycles. The summed E-state index contributed by atoms with van der Waals surface area (Å²) in [5.74, 6) is 0.0890. The van der Waals surface area contributed by atoms with Crippen LogP contribution < -0.4 is 11.5 Å². The van der Waals surface area contributed by atoms with Crippen molar-refractivity contribution in [3.8, 4) is 0 Å². The third kappa shape index (κ3) is 3.24. The topological polar surface area (TPSA) is 64.4 Å². The highest BCUT2D eigenvalue weighted by Gasteiger charge is 1.97. The Morgan fingerprint density at radius 2 is 2.15 bits per heavy atom. The van der Waals surface area contributed by atoms with Gasteiger partial charge >= 0.3 is 0 Å². The normalized spacial score (nSPS) is 9.69. The van der Waals surface area contributed by atoms with Crippen molar-refractivity contribution in [3.63, 3.8) is 0 Å². The summed E-state index contributed by atoms with van der Waals surface area (Å²) in [7, 11) is 0. The molecule has 5 heteroatoms. The molecule has 0 saturated carbocycles. The lowest BCUT2D eigenvalue weighted by molar-refractivity contribution is 1.05. The first kappa shape index (κ1) is 10.3. The first-order valence-corrected chi connectivity index (χ1v) is 4.76. The molecule has 0 aliphatic rings. The van der Waals surface area contributed by atoms with Gasteiger partial charge in [0.05, 0.1) is 11.6 Å². The monoisotopic (exact) mass is 261 g/mol. The number of hydrogen-bond acceptors (Lipinski definition) is 1. The Balaban J connectivity index is 2.80. The Kier molecular flexibility index (Phi) is 3.57. The summed E-state index contributed by atoms with van der Waals surface area (Å²) in [6.07, 6.45) is 0. The number of halogens is 2. The molecular weight excluding hydrogens is 253 g/mol. The van der Waals surface area contributed by atoms with E-state index in [9.17, 15) is 0 Å². The maximum absolute atomic E-state index is 5.81. The van der Waals surface area contributed by atoms with Gasteiger partial charge in [0.1, 0.15) is 0 Å². The second kappa shape index (κ2) is 4.48. The maximum atomic E-state index is 5.81. The van der Waals surface area contributed by atoms with Gasteiger partial charge in [-0.05, 0) is 33.6 Å². The number of aliphatic imine (C=N–C) groups is 1. The van der Waals surface area contributed by atoms with E-state index in [-0.39, 0.29) is 5.96 Å². The van der Waals surface area contributed by atoms with E-state index in [2.05, 4.69) is 20.9 Å². The van der Waals surface area contributed by atoms with E-state index in [0.29, 0.717) is 11.6 Å². The minimum absolute atomic E-state index is 0.0890. The summed E-state index contributed by atoms with van der Waals surface area (Å²) in [5, 5.41) is 0.674. The molecule has 0 spiro atoms. The summed E-state index contributed by atoms with van der Waals surface area (Å²) < 4.78 is 0.845. The lowest BCUT2D eigenvalue weighted by atomic mass is 10.2. The van der Waals surface area contributed by atoms with Crippen LogP contribution in [0.3, 0.4) is 0 Å². The molecule has 0 amide bonds. The minimum Gasteiger partial charge on any atom is -0.370 e. The fourth-order valence-corrected chi connectivity index (χ4v) is 1.36. The second-order valence-electron chi connectivity index (χ2n) is 2.49. The van der Waals surface area contributed by atoms with Crippen molar-refractivity contribution < 1.29 is 0 Å². The van der Waals surface area contributed by atoms with Gasteiger partial charge in [-0.1, -0.05) is 17.7 Å². The summed E-state index contributed by atoms with van der Waals surface area (Å²) in [4.78, 5) is 3.87. The highest BCUT2D eigenvalue weighted by Crippen LogP contribution is 2.23. The second-order valence-corrected chi connectivity index (χ2v) is 3.75. The fourth-order valence-electron chi connectivity index (χ4n) is 0.821. The predicted molar refractivity (Wildman–Crippen MR) is 58.7 cm³/mol. The van der Waals surface area contributed by atoms with E-state index in [0.717, 1.165) is 10.0 Å².